The summed E-state index contributed by atoms with van der Waals surface area (Å²) in [6.07, 6.45) is 1.66. The summed E-state index contributed by atoms with van der Waals surface area (Å²) in [5.41, 5.74) is 0.752. The molecule has 1 aliphatic carbocycles. The summed E-state index contributed by atoms with van der Waals surface area (Å²) in [5, 5.41) is 18.9. The lowest BCUT2D eigenvalue weighted by Crippen LogP contribution is -2.50. The Bertz CT molecular complexity index is 1350. The number of ether oxygens (including phenoxy) is 3. The van der Waals surface area contributed by atoms with Crippen LogP contribution in [-0.4, -0.2) is 92.2 Å². The molecule has 6 atom stereocenters. The summed E-state index contributed by atoms with van der Waals surface area (Å²) < 4.78 is 47.3. The van der Waals surface area contributed by atoms with Crippen LogP contribution in [0.5, 0.6) is 0 Å². The standard InChI is InChI=1S/C30H46N4O7S2/c1-5-19(13-27(36)41-25-17-40-29-28(25)23(31-6-2)11-12-39-29)24(35)16-34(15-18(3)4)43(37,38)21-9-10-22-26(14-21)42-30(33-22)32-20-7-8-20/h9-10,14,18-20,23-25,28-29,31,35H,5-8,11-13,15-17H2,1-4H3,(H,32,33)/t19-,23+,24-,25+,28+,29-/m1/s1. The number of thiazole rings is 1. The second-order valence-electron chi connectivity index (χ2n) is 12.4. The van der Waals surface area contributed by atoms with E-state index in [0.717, 1.165) is 41.2 Å². The van der Waals surface area contributed by atoms with Gasteiger partial charge in [0.1, 0.15) is 6.10 Å². The van der Waals surface area contributed by atoms with Crippen molar-refractivity contribution >= 4 is 42.7 Å². The fourth-order valence-electron chi connectivity index (χ4n) is 6.01. The monoisotopic (exact) mass is 638 g/mol. The molecule has 0 amide bonds. The topological polar surface area (TPSA) is 139 Å². The Balaban J connectivity index is 1.24. The van der Waals surface area contributed by atoms with Gasteiger partial charge in [-0.05, 0) is 55.8 Å². The summed E-state index contributed by atoms with van der Waals surface area (Å²) in [5.74, 6) is -0.954. The summed E-state index contributed by atoms with van der Waals surface area (Å²) >= 11 is 1.45. The summed E-state index contributed by atoms with van der Waals surface area (Å²) in [7, 11) is -3.92. The van der Waals surface area contributed by atoms with Gasteiger partial charge in [-0.2, -0.15) is 4.31 Å². The minimum Gasteiger partial charge on any atom is -0.459 e. The third kappa shape index (κ3) is 7.86. The van der Waals surface area contributed by atoms with E-state index in [1.807, 2.05) is 27.7 Å². The van der Waals surface area contributed by atoms with Crippen molar-refractivity contribution < 1.29 is 32.5 Å². The molecule has 0 radical (unpaired) electrons. The van der Waals surface area contributed by atoms with Crippen LogP contribution in [0.4, 0.5) is 5.13 Å². The van der Waals surface area contributed by atoms with Crippen LogP contribution in [0.25, 0.3) is 10.2 Å². The molecule has 3 aliphatic rings. The van der Waals surface area contributed by atoms with Gasteiger partial charge in [-0.1, -0.05) is 45.5 Å². The Morgan fingerprint density at radius 1 is 1.21 bits per heavy atom. The SMILES string of the molecule is CCN[C@H]1CCO[C@@H]2OC[C@H](OC(=O)C[C@@H](CC)[C@H](O)CN(CC(C)C)S(=O)(=O)c3ccc4nc(NC5CC5)sc4c3)[C@@H]21. The van der Waals surface area contributed by atoms with Gasteiger partial charge in [0.25, 0.3) is 0 Å². The number of esters is 1. The van der Waals surface area contributed by atoms with E-state index in [4.69, 9.17) is 14.2 Å². The molecule has 2 saturated heterocycles. The van der Waals surface area contributed by atoms with Crippen molar-refractivity contribution in [2.24, 2.45) is 17.8 Å². The average Bonchev–Trinajstić information content (AvgIpc) is 3.54. The van der Waals surface area contributed by atoms with E-state index in [1.54, 1.807) is 18.2 Å². The van der Waals surface area contributed by atoms with Gasteiger partial charge in [-0.3, -0.25) is 4.79 Å². The number of rotatable bonds is 15. The molecule has 1 aromatic heterocycles. The predicted octanol–water partition coefficient (Wildman–Crippen LogP) is 3.58. The van der Waals surface area contributed by atoms with Gasteiger partial charge < -0.3 is 30.0 Å². The van der Waals surface area contributed by atoms with Crippen LogP contribution >= 0.6 is 11.3 Å². The van der Waals surface area contributed by atoms with Crippen molar-refractivity contribution in [3.63, 3.8) is 0 Å². The first kappa shape index (κ1) is 32.5. The summed E-state index contributed by atoms with van der Waals surface area (Å²) in [4.78, 5) is 17.9. The molecular weight excluding hydrogens is 592 g/mol. The molecule has 3 N–H and O–H groups in total. The van der Waals surface area contributed by atoms with Crippen LogP contribution < -0.4 is 10.6 Å². The van der Waals surface area contributed by atoms with Crippen LogP contribution in [0.1, 0.15) is 59.8 Å². The van der Waals surface area contributed by atoms with Crippen LogP contribution in [-0.2, 0) is 29.0 Å². The molecule has 5 rings (SSSR count). The van der Waals surface area contributed by atoms with Gasteiger partial charge in [-0.25, -0.2) is 13.4 Å². The van der Waals surface area contributed by atoms with E-state index in [2.05, 4.69) is 15.6 Å². The van der Waals surface area contributed by atoms with Gasteiger partial charge in [0.2, 0.25) is 10.0 Å². The lowest BCUT2D eigenvalue weighted by Gasteiger charge is -2.35. The third-order valence-corrected chi connectivity index (χ3v) is 11.2. The highest BCUT2D eigenvalue weighted by Gasteiger charge is 2.47. The first-order valence-corrected chi connectivity index (χ1v) is 17.9. The predicted molar refractivity (Wildman–Crippen MR) is 165 cm³/mol. The van der Waals surface area contributed by atoms with Crippen molar-refractivity contribution in [1.82, 2.24) is 14.6 Å². The van der Waals surface area contributed by atoms with Crippen LogP contribution in [0, 0.1) is 17.8 Å². The van der Waals surface area contributed by atoms with E-state index < -0.39 is 40.4 Å². The van der Waals surface area contributed by atoms with Crippen molar-refractivity contribution in [3.8, 4) is 0 Å². The summed E-state index contributed by atoms with van der Waals surface area (Å²) in [6, 6.07) is 5.58. The van der Waals surface area contributed by atoms with E-state index in [9.17, 15) is 18.3 Å². The normalized spacial score (nSPS) is 25.7. The quantitative estimate of drug-likeness (QED) is 0.248. The maximum atomic E-state index is 13.9. The molecule has 0 unspecified atom stereocenters. The molecule has 11 nitrogen and oxygen atoms in total. The number of carbonyl (C=O) groups excluding carboxylic acids is 1. The van der Waals surface area contributed by atoms with Crippen molar-refractivity contribution in [3.05, 3.63) is 18.2 Å². The van der Waals surface area contributed by atoms with Gasteiger partial charge in [0.05, 0.1) is 46.8 Å². The maximum absolute atomic E-state index is 13.9. The highest BCUT2D eigenvalue weighted by Crippen LogP contribution is 2.35. The fourth-order valence-corrected chi connectivity index (χ4v) is 8.71. The number of fused-ring (bicyclic) bond motifs is 2. The van der Waals surface area contributed by atoms with Gasteiger partial charge in [-0.15, -0.1) is 0 Å². The molecular formula is C30H46N4O7S2. The lowest BCUT2D eigenvalue weighted by molar-refractivity contribution is -0.166. The Kier molecular flexibility index (Phi) is 10.6. The Morgan fingerprint density at radius 2 is 2.00 bits per heavy atom. The molecule has 240 valence electrons. The summed E-state index contributed by atoms with van der Waals surface area (Å²) in [6.45, 7) is 9.60. The molecule has 1 saturated carbocycles. The van der Waals surface area contributed by atoms with Crippen molar-refractivity contribution in [2.75, 3.05) is 38.2 Å². The second kappa shape index (κ2) is 14.1. The highest BCUT2D eigenvalue weighted by molar-refractivity contribution is 7.89. The molecule has 1 aromatic carbocycles. The fraction of sp³-hybridized carbons (Fsp3) is 0.733. The number of nitrogens with one attached hydrogen (secondary N) is 2. The number of aromatic nitrogens is 1. The van der Waals surface area contributed by atoms with Gasteiger partial charge in [0.15, 0.2) is 11.4 Å². The van der Waals surface area contributed by atoms with Gasteiger partial charge in [0, 0.05) is 25.2 Å². The first-order chi connectivity index (χ1) is 20.6. The molecule has 3 fully saturated rings. The van der Waals surface area contributed by atoms with Crippen molar-refractivity contribution in [2.45, 2.75) is 95.3 Å². The van der Waals surface area contributed by atoms with Crippen molar-refractivity contribution in [1.29, 1.82) is 0 Å². The zero-order chi connectivity index (χ0) is 30.7. The molecule has 2 aliphatic heterocycles. The smallest absolute Gasteiger partial charge is 0.306 e. The number of benzene rings is 1. The minimum atomic E-state index is -3.92. The zero-order valence-corrected chi connectivity index (χ0v) is 27.2. The van der Waals surface area contributed by atoms with Crippen LogP contribution in [0.2, 0.25) is 0 Å². The number of aliphatic hydroxyl groups excluding tert-OH is 1. The number of hydrogen-bond acceptors (Lipinski definition) is 11. The molecule has 0 bridgehead atoms. The highest BCUT2D eigenvalue weighted by atomic mass is 32.2. The number of nitrogens with zero attached hydrogens (tertiary/aromatic N) is 2. The number of carbonyl (C=O) groups is 1. The zero-order valence-electron chi connectivity index (χ0n) is 25.5. The molecule has 3 heterocycles. The number of anilines is 1. The molecule has 0 spiro atoms. The Morgan fingerprint density at radius 3 is 2.70 bits per heavy atom. The molecule has 2 aromatic rings. The number of aliphatic hydroxyl groups is 1. The number of hydrogen-bond donors (Lipinski definition) is 3. The average molecular weight is 639 g/mol. The molecule has 13 heteroatoms. The number of sulfonamides is 1. The minimum absolute atomic E-state index is 0.0164. The van der Waals surface area contributed by atoms with E-state index in [-0.39, 0.29) is 48.9 Å². The lowest BCUT2D eigenvalue weighted by atomic mass is 9.90. The first-order valence-electron chi connectivity index (χ1n) is 15.6. The maximum Gasteiger partial charge on any atom is 0.306 e. The van der Waals surface area contributed by atoms with E-state index in [0.29, 0.717) is 19.1 Å². The second-order valence-corrected chi connectivity index (χ2v) is 15.3. The Hall–Kier alpha value is -1.87. The van der Waals surface area contributed by atoms with E-state index >= 15 is 0 Å². The molecule has 43 heavy (non-hydrogen) atoms. The largest absolute Gasteiger partial charge is 0.459 e. The third-order valence-electron chi connectivity index (χ3n) is 8.45. The van der Waals surface area contributed by atoms with Crippen LogP contribution in [0.3, 0.4) is 0 Å². The Labute approximate surface area is 258 Å². The van der Waals surface area contributed by atoms with E-state index in [1.165, 1.54) is 15.6 Å². The van der Waals surface area contributed by atoms with Crippen LogP contribution in [0.15, 0.2) is 23.1 Å². The van der Waals surface area contributed by atoms with Gasteiger partial charge >= 0.3 is 5.97 Å².